The molecule has 2 aliphatic rings. The molecule has 0 radical (unpaired) electrons. The van der Waals surface area contributed by atoms with Crippen molar-refractivity contribution >= 4 is 11.9 Å². The maximum Gasteiger partial charge on any atom is 0.237 e. The topological polar surface area (TPSA) is 66.3 Å². The minimum absolute atomic E-state index is 0.0264. The van der Waals surface area contributed by atoms with Gasteiger partial charge in [-0.2, -0.15) is 0 Å². The fraction of sp³-hybridized carbons (Fsp3) is 0.571. The molecule has 7 nitrogen and oxygen atoms in total. The molecular formula is C21H30N6O. The van der Waals surface area contributed by atoms with Gasteiger partial charge in [-0.05, 0) is 43.9 Å². The van der Waals surface area contributed by atoms with Crippen LogP contribution in [0.3, 0.4) is 0 Å². The van der Waals surface area contributed by atoms with E-state index < -0.39 is 0 Å². The zero-order valence-electron chi connectivity index (χ0n) is 16.6. The minimum Gasteiger partial charge on any atom is -0.352 e. The van der Waals surface area contributed by atoms with Crippen LogP contribution in [-0.2, 0) is 18.4 Å². The number of imidazole rings is 1. The molecule has 28 heavy (non-hydrogen) atoms. The fourth-order valence-electron chi connectivity index (χ4n) is 4.39. The van der Waals surface area contributed by atoms with Crippen molar-refractivity contribution in [1.29, 1.82) is 0 Å². The highest BCUT2D eigenvalue weighted by atomic mass is 16.2. The highest BCUT2D eigenvalue weighted by molar-refractivity contribution is 5.82. The largest absolute Gasteiger partial charge is 0.352 e. The lowest BCUT2D eigenvalue weighted by Crippen LogP contribution is -2.53. The Kier molecular flexibility index (Phi) is 5.90. The number of hydrogen-bond donors (Lipinski definition) is 1. The van der Waals surface area contributed by atoms with E-state index in [9.17, 15) is 4.79 Å². The van der Waals surface area contributed by atoms with Crippen LogP contribution in [0.2, 0.25) is 0 Å². The molecular weight excluding hydrogens is 352 g/mol. The maximum atomic E-state index is 13.0. The number of carbonyl (C=O) groups is 1. The first-order valence-corrected chi connectivity index (χ1v) is 10.4. The smallest absolute Gasteiger partial charge is 0.237 e. The number of carbonyl (C=O) groups excluding carboxylic acids is 1. The van der Waals surface area contributed by atoms with Gasteiger partial charge in [0.25, 0.3) is 0 Å². The van der Waals surface area contributed by atoms with Crippen LogP contribution < -0.4 is 10.2 Å². The van der Waals surface area contributed by atoms with Gasteiger partial charge in [-0.15, -0.1) is 0 Å². The third-order valence-electron chi connectivity index (χ3n) is 5.94. The zero-order valence-corrected chi connectivity index (χ0v) is 16.6. The molecule has 2 aliphatic heterocycles. The number of pyridine rings is 1. The lowest BCUT2D eigenvalue weighted by atomic mass is 9.99. The zero-order chi connectivity index (χ0) is 19.3. The van der Waals surface area contributed by atoms with Crippen molar-refractivity contribution in [2.75, 3.05) is 24.5 Å². The van der Waals surface area contributed by atoms with Crippen molar-refractivity contribution in [3.8, 4) is 0 Å². The molecule has 1 N–H and O–H groups in total. The molecule has 1 amide bonds. The van der Waals surface area contributed by atoms with Crippen molar-refractivity contribution in [3.05, 3.63) is 42.5 Å². The second kappa shape index (κ2) is 8.73. The number of hydrogen-bond acceptors (Lipinski definition) is 5. The molecule has 0 bridgehead atoms. The number of aromatic nitrogens is 3. The predicted octanol–water partition coefficient (Wildman–Crippen LogP) is 1.95. The van der Waals surface area contributed by atoms with Crippen molar-refractivity contribution in [2.24, 2.45) is 7.05 Å². The van der Waals surface area contributed by atoms with Gasteiger partial charge in [0.05, 0.1) is 6.04 Å². The normalized spacial score (nSPS) is 21.6. The first kappa shape index (κ1) is 18.9. The van der Waals surface area contributed by atoms with Gasteiger partial charge in [0.2, 0.25) is 11.9 Å². The number of amides is 1. The Bertz CT molecular complexity index is 768. The van der Waals surface area contributed by atoms with Crippen LogP contribution in [0.15, 0.2) is 36.9 Å². The van der Waals surface area contributed by atoms with Gasteiger partial charge in [-0.1, -0.05) is 12.5 Å². The van der Waals surface area contributed by atoms with Crippen molar-refractivity contribution in [1.82, 2.24) is 24.8 Å². The summed E-state index contributed by atoms with van der Waals surface area (Å²) in [5.41, 5.74) is 1.17. The lowest BCUT2D eigenvalue weighted by molar-refractivity contribution is -0.128. The van der Waals surface area contributed by atoms with E-state index >= 15 is 0 Å². The van der Waals surface area contributed by atoms with Crippen LogP contribution in [0.4, 0.5) is 5.95 Å². The molecule has 150 valence electrons. The summed E-state index contributed by atoms with van der Waals surface area (Å²) in [6, 6.07) is 4.28. The molecule has 7 heteroatoms. The molecule has 0 saturated carbocycles. The Hall–Kier alpha value is -2.41. The SMILES string of the molecule is Cn1ccnc1N1CCC(NC(=O)C2CCCCN2Cc2cccnc2)CC1. The Morgan fingerprint density at radius 2 is 2.04 bits per heavy atom. The van der Waals surface area contributed by atoms with E-state index in [2.05, 4.69) is 35.7 Å². The summed E-state index contributed by atoms with van der Waals surface area (Å²) in [5, 5.41) is 3.33. The van der Waals surface area contributed by atoms with Crippen LogP contribution in [0, 0.1) is 0 Å². The summed E-state index contributed by atoms with van der Waals surface area (Å²) in [4.78, 5) is 26.3. The minimum atomic E-state index is -0.0264. The summed E-state index contributed by atoms with van der Waals surface area (Å²) in [6.45, 7) is 3.63. The van der Waals surface area contributed by atoms with Crippen LogP contribution >= 0.6 is 0 Å². The average molecular weight is 383 g/mol. The average Bonchev–Trinajstić information content (AvgIpc) is 3.16. The molecule has 2 aromatic heterocycles. The number of piperidine rings is 2. The Morgan fingerprint density at radius 1 is 1.18 bits per heavy atom. The molecule has 2 saturated heterocycles. The molecule has 2 fully saturated rings. The number of nitrogens with one attached hydrogen (secondary N) is 1. The van der Waals surface area contributed by atoms with Gasteiger partial charge >= 0.3 is 0 Å². The van der Waals surface area contributed by atoms with E-state index in [1.54, 1.807) is 6.20 Å². The second-order valence-electron chi connectivity index (χ2n) is 7.95. The number of anilines is 1. The quantitative estimate of drug-likeness (QED) is 0.856. The van der Waals surface area contributed by atoms with Crippen molar-refractivity contribution < 1.29 is 4.79 Å². The first-order chi connectivity index (χ1) is 13.7. The first-order valence-electron chi connectivity index (χ1n) is 10.4. The Balaban J connectivity index is 1.31. The summed E-state index contributed by atoms with van der Waals surface area (Å²) in [5.74, 6) is 1.21. The van der Waals surface area contributed by atoms with E-state index in [1.165, 1.54) is 5.56 Å². The standard InChI is InChI=1S/C21H30N6O/c1-25-14-10-23-21(25)26-12-7-18(8-13-26)24-20(28)19-6-2-3-11-27(19)16-17-5-4-9-22-15-17/h4-5,9-10,14-15,18-19H,2-3,6-8,11-13,16H2,1H3,(H,24,28). The van der Waals surface area contributed by atoms with Gasteiger partial charge in [0, 0.05) is 57.5 Å². The number of rotatable bonds is 5. The molecule has 4 rings (SSSR count). The van der Waals surface area contributed by atoms with Gasteiger partial charge in [-0.3, -0.25) is 14.7 Å². The van der Waals surface area contributed by atoms with Crippen LogP contribution in [0.1, 0.15) is 37.7 Å². The van der Waals surface area contributed by atoms with Crippen LogP contribution in [-0.4, -0.2) is 57.1 Å². The van der Waals surface area contributed by atoms with E-state index in [4.69, 9.17) is 0 Å². The van der Waals surface area contributed by atoms with E-state index in [1.807, 2.05) is 31.7 Å². The molecule has 1 unspecified atom stereocenters. The van der Waals surface area contributed by atoms with Gasteiger partial charge in [-0.25, -0.2) is 4.98 Å². The van der Waals surface area contributed by atoms with E-state index in [-0.39, 0.29) is 18.0 Å². The third-order valence-corrected chi connectivity index (χ3v) is 5.94. The Morgan fingerprint density at radius 3 is 2.75 bits per heavy atom. The van der Waals surface area contributed by atoms with E-state index in [0.29, 0.717) is 0 Å². The van der Waals surface area contributed by atoms with Crippen LogP contribution in [0.5, 0.6) is 0 Å². The summed E-state index contributed by atoms with van der Waals surface area (Å²) < 4.78 is 2.05. The van der Waals surface area contributed by atoms with Crippen molar-refractivity contribution in [3.63, 3.8) is 0 Å². The highest BCUT2D eigenvalue weighted by Crippen LogP contribution is 2.21. The highest BCUT2D eigenvalue weighted by Gasteiger charge is 2.31. The Labute approximate surface area is 166 Å². The van der Waals surface area contributed by atoms with Crippen LogP contribution in [0.25, 0.3) is 0 Å². The molecule has 1 atom stereocenters. The summed E-state index contributed by atoms with van der Waals surface area (Å²) in [7, 11) is 2.02. The van der Waals surface area contributed by atoms with Gasteiger partial charge in [0.15, 0.2) is 0 Å². The predicted molar refractivity (Wildman–Crippen MR) is 109 cm³/mol. The van der Waals surface area contributed by atoms with Crippen molar-refractivity contribution in [2.45, 2.75) is 50.7 Å². The monoisotopic (exact) mass is 382 g/mol. The summed E-state index contributed by atoms with van der Waals surface area (Å²) >= 11 is 0. The molecule has 0 aliphatic carbocycles. The van der Waals surface area contributed by atoms with Gasteiger partial charge in [0.1, 0.15) is 0 Å². The van der Waals surface area contributed by atoms with Gasteiger partial charge < -0.3 is 14.8 Å². The van der Waals surface area contributed by atoms with E-state index in [0.717, 1.165) is 64.2 Å². The number of aryl methyl sites for hydroxylation is 1. The molecule has 2 aromatic rings. The number of likely N-dealkylation sites (tertiary alicyclic amines) is 1. The third kappa shape index (κ3) is 4.35. The molecule has 0 spiro atoms. The maximum absolute atomic E-state index is 13.0. The lowest BCUT2D eigenvalue weighted by Gasteiger charge is -2.37. The molecule has 0 aromatic carbocycles. The number of nitrogens with zero attached hydrogens (tertiary/aromatic N) is 5. The second-order valence-corrected chi connectivity index (χ2v) is 7.95. The molecule has 4 heterocycles. The summed E-state index contributed by atoms with van der Waals surface area (Å²) in [6.07, 6.45) is 12.7. The fourth-order valence-corrected chi connectivity index (χ4v) is 4.39.